The van der Waals surface area contributed by atoms with Gasteiger partial charge in [-0.15, -0.1) is 0 Å². The lowest BCUT2D eigenvalue weighted by Crippen LogP contribution is -2.34. The predicted molar refractivity (Wildman–Crippen MR) is 154 cm³/mol. The number of aromatic nitrogens is 4. The van der Waals surface area contributed by atoms with E-state index in [1.54, 1.807) is 0 Å². The number of rotatable bonds is 0. The summed E-state index contributed by atoms with van der Waals surface area (Å²) in [5.41, 5.74) is 10.1. The lowest BCUT2D eigenvalue weighted by Gasteiger charge is -2.05. The van der Waals surface area contributed by atoms with Gasteiger partial charge in [-0.1, -0.05) is 48.5 Å². The van der Waals surface area contributed by atoms with Crippen LogP contribution in [0.2, 0.25) is 0 Å². The number of nitrogens with zero attached hydrogens (tertiary/aromatic N) is 4. The van der Waals surface area contributed by atoms with Crippen LogP contribution in [0.15, 0.2) is 147 Å². The van der Waals surface area contributed by atoms with Crippen LogP contribution in [0.4, 0.5) is 0 Å². The molecular weight excluding hydrogens is 488 g/mol. The van der Waals surface area contributed by atoms with Crippen molar-refractivity contribution in [2.45, 2.75) is 26.2 Å². The van der Waals surface area contributed by atoms with Crippen LogP contribution in [0, 0.1) is 0 Å². The van der Waals surface area contributed by atoms with Gasteiger partial charge in [0, 0.05) is 70.8 Å². The molecule has 16 aliphatic heterocycles. The van der Waals surface area contributed by atoms with Crippen molar-refractivity contribution in [2.24, 2.45) is 0 Å². The fourth-order valence-corrected chi connectivity index (χ4v) is 5.36. The smallest absolute Gasteiger partial charge is 0.173 e. The highest BCUT2D eigenvalue weighted by molar-refractivity contribution is 5.61. The minimum atomic E-state index is 0.854. The molecule has 192 valence electrons. The zero-order valence-electron chi connectivity index (χ0n) is 22.5. The predicted octanol–water partition coefficient (Wildman–Crippen LogP) is 4.68. The molecule has 0 radical (unpaired) electrons. The molecule has 0 N–H and O–H groups in total. The number of benzene rings is 2. The van der Waals surface area contributed by atoms with Gasteiger partial charge in [0.15, 0.2) is 75.8 Å². The van der Waals surface area contributed by atoms with Gasteiger partial charge in [0.1, 0.15) is 0 Å². The van der Waals surface area contributed by atoms with Crippen LogP contribution < -0.4 is 18.3 Å². The summed E-state index contributed by atoms with van der Waals surface area (Å²) in [6.07, 6.45) is 17.4. The van der Waals surface area contributed by atoms with Gasteiger partial charge in [0.25, 0.3) is 0 Å². The van der Waals surface area contributed by atoms with Crippen LogP contribution in [-0.4, -0.2) is 0 Å². The monoisotopic (exact) mass is 520 g/mol. The summed E-state index contributed by atoms with van der Waals surface area (Å²) in [5.74, 6) is 0. The standard InChI is InChI=1S/C36H32N4/c1-2-30-4-3-29(1)25-37-17-9-33(10-18-37)35-13-21-39(22-14-35)27-31-5-7-32(8-6-31)28-40-23-15-36(16-24-40)34-11-19-38(26-30)20-12-34/h1-24H,25-28H2/q+4. The van der Waals surface area contributed by atoms with Crippen molar-refractivity contribution in [3.63, 3.8) is 0 Å². The minimum absolute atomic E-state index is 0.854. The molecule has 22 rings (SSSR count). The molecular formula is C36H32N4+4. The zero-order chi connectivity index (χ0) is 26.7. The summed E-state index contributed by atoms with van der Waals surface area (Å²) in [5, 5.41) is 0. The van der Waals surface area contributed by atoms with E-state index in [4.69, 9.17) is 0 Å². The van der Waals surface area contributed by atoms with Crippen molar-refractivity contribution in [1.82, 2.24) is 0 Å². The molecule has 0 saturated heterocycles. The maximum Gasteiger partial charge on any atom is 0.173 e. The van der Waals surface area contributed by atoms with Gasteiger partial charge >= 0.3 is 0 Å². The minimum Gasteiger partial charge on any atom is -0.201 e. The Kier molecular flexibility index (Phi) is 6.42. The van der Waals surface area contributed by atoms with Crippen molar-refractivity contribution in [3.8, 4) is 22.3 Å². The summed E-state index contributed by atoms with van der Waals surface area (Å²) in [4.78, 5) is 0. The molecule has 0 aliphatic carbocycles. The van der Waals surface area contributed by atoms with E-state index >= 15 is 0 Å². The van der Waals surface area contributed by atoms with E-state index in [0.717, 1.165) is 26.2 Å². The van der Waals surface area contributed by atoms with Crippen molar-refractivity contribution in [3.05, 3.63) is 169 Å². The van der Waals surface area contributed by atoms with Crippen LogP contribution >= 0.6 is 0 Å². The molecule has 0 atom stereocenters. The van der Waals surface area contributed by atoms with Crippen molar-refractivity contribution < 1.29 is 18.3 Å². The molecule has 40 heavy (non-hydrogen) atoms. The number of pyridine rings is 4. The first kappa shape index (κ1) is 24.1. The first-order valence-corrected chi connectivity index (χ1v) is 13.9. The van der Waals surface area contributed by atoms with Gasteiger partial charge < -0.3 is 0 Å². The molecule has 20 heterocycles. The van der Waals surface area contributed by atoms with E-state index in [1.807, 2.05) is 0 Å². The Labute approximate surface area is 235 Å². The lowest BCUT2D eigenvalue weighted by atomic mass is 10.1. The van der Waals surface area contributed by atoms with Gasteiger partial charge in [0.2, 0.25) is 0 Å². The molecule has 6 aromatic rings. The van der Waals surface area contributed by atoms with E-state index in [1.165, 1.54) is 44.5 Å². The summed E-state index contributed by atoms with van der Waals surface area (Å²) < 4.78 is 8.94. The summed E-state index contributed by atoms with van der Waals surface area (Å²) >= 11 is 0. The zero-order valence-corrected chi connectivity index (χ0v) is 22.5. The Hall–Kier alpha value is -4.96. The molecule has 0 fully saturated rings. The van der Waals surface area contributed by atoms with Gasteiger partial charge in [-0.3, -0.25) is 0 Å². The SMILES string of the molecule is c1cc2ccc1C[n+]1ccc(cc1)-c1cc[n+](cc1)Cc1ccc(cc1)C[n+]1ccc(cc1)-c1cc[n+](cc1)C2. The molecule has 0 unspecified atom stereocenters. The molecule has 12 bridgehead atoms. The molecule has 0 spiro atoms. The van der Waals surface area contributed by atoms with E-state index < -0.39 is 0 Å². The normalized spacial score (nSPS) is 12.6. The first-order chi connectivity index (χ1) is 19.7. The highest BCUT2D eigenvalue weighted by Gasteiger charge is 2.11. The molecule has 0 amide bonds. The quantitative estimate of drug-likeness (QED) is 0.258. The molecule has 4 nitrogen and oxygen atoms in total. The van der Waals surface area contributed by atoms with Crippen molar-refractivity contribution in [1.29, 1.82) is 0 Å². The van der Waals surface area contributed by atoms with E-state index in [-0.39, 0.29) is 0 Å². The lowest BCUT2D eigenvalue weighted by molar-refractivity contribution is -0.689. The molecule has 4 heteroatoms. The maximum absolute atomic E-state index is 2.24. The topological polar surface area (TPSA) is 15.5 Å². The second-order valence-corrected chi connectivity index (χ2v) is 10.7. The number of hydrogen-bond acceptors (Lipinski definition) is 0. The second-order valence-electron chi connectivity index (χ2n) is 10.7. The Bertz CT molecular complexity index is 1450. The fraction of sp³-hybridized carbons (Fsp3) is 0.111. The summed E-state index contributed by atoms with van der Waals surface area (Å²) in [7, 11) is 0. The molecule has 2 aromatic carbocycles. The largest absolute Gasteiger partial charge is 0.201 e. The third kappa shape index (κ3) is 5.43. The molecule has 0 saturated carbocycles. The highest BCUT2D eigenvalue weighted by Crippen LogP contribution is 2.17. The third-order valence-corrected chi connectivity index (χ3v) is 7.74. The van der Waals surface area contributed by atoms with Gasteiger partial charge in [-0.25, -0.2) is 18.3 Å². The Balaban J connectivity index is 1.19. The van der Waals surface area contributed by atoms with Gasteiger partial charge in [0.05, 0.1) is 0 Å². The van der Waals surface area contributed by atoms with Crippen LogP contribution in [0.3, 0.4) is 0 Å². The van der Waals surface area contributed by atoms with Crippen LogP contribution in [0.25, 0.3) is 22.3 Å². The molecule has 16 aliphatic rings. The Morgan fingerprint density at radius 1 is 0.250 bits per heavy atom. The number of hydrogen-bond donors (Lipinski definition) is 0. The fourth-order valence-electron chi connectivity index (χ4n) is 5.36. The molecule has 4 aromatic heterocycles. The van der Waals surface area contributed by atoms with Crippen LogP contribution in [0.5, 0.6) is 0 Å². The van der Waals surface area contributed by atoms with Crippen molar-refractivity contribution in [2.75, 3.05) is 0 Å². The average molecular weight is 521 g/mol. The highest BCUT2D eigenvalue weighted by atomic mass is 14.9. The Morgan fingerprint density at radius 3 is 0.600 bits per heavy atom. The van der Waals surface area contributed by atoms with Crippen molar-refractivity contribution >= 4 is 0 Å². The van der Waals surface area contributed by atoms with E-state index in [9.17, 15) is 0 Å². The van der Waals surface area contributed by atoms with E-state index in [0.29, 0.717) is 0 Å². The first-order valence-electron chi connectivity index (χ1n) is 13.9. The third-order valence-electron chi connectivity index (χ3n) is 7.74. The summed E-state index contributed by atoms with van der Waals surface area (Å²) in [6.45, 7) is 3.42. The van der Waals surface area contributed by atoms with Gasteiger partial charge in [-0.05, 0) is 22.3 Å². The summed E-state index contributed by atoms with van der Waals surface area (Å²) in [6, 6.07) is 35.5. The van der Waals surface area contributed by atoms with E-state index in [2.05, 4.69) is 165 Å². The van der Waals surface area contributed by atoms with Crippen LogP contribution in [-0.2, 0) is 26.2 Å². The second kappa shape index (κ2) is 10.7. The Morgan fingerprint density at radius 2 is 0.425 bits per heavy atom. The average Bonchev–Trinajstić information content (AvgIpc) is 3.00. The van der Waals surface area contributed by atoms with Crippen LogP contribution in [0.1, 0.15) is 22.3 Å². The maximum atomic E-state index is 2.24. The van der Waals surface area contributed by atoms with Gasteiger partial charge in [-0.2, -0.15) is 0 Å².